The van der Waals surface area contributed by atoms with Crippen molar-refractivity contribution in [1.82, 2.24) is 5.32 Å². The third kappa shape index (κ3) is 3.83. The van der Waals surface area contributed by atoms with Gasteiger partial charge >= 0.3 is 0 Å². The Hall–Kier alpha value is -2.05. The summed E-state index contributed by atoms with van der Waals surface area (Å²) in [6, 6.07) is 13.0. The van der Waals surface area contributed by atoms with Gasteiger partial charge in [0.1, 0.15) is 6.54 Å². The van der Waals surface area contributed by atoms with Crippen molar-refractivity contribution in [2.45, 2.75) is 11.8 Å². The molecule has 5 nitrogen and oxygen atoms in total. The lowest BCUT2D eigenvalue weighted by Crippen LogP contribution is -2.39. The third-order valence-electron chi connectivity index (χ3n) is 3.30. The van der Waals surface area contributed by atoms with Crippen LogP contribution in [0.4, 0.5) is 5.69 Å². The smallest absolute Gasteiger partial charge is 0.264 e. The first-order valence-corrected chi connectivity index (χ1v) is 8.72. The minimum Gasteiger partial charge on any atom is -0.358 e. The fraction of sp³-hybridized carbons (Fsp3) is 0.188. The number of carbonyl (C=O) groups is 1. The number of nitrogens with one attached hydrogen (secondary N) is 1. The van der Waals surface area contributed by atoms with Gasteiger partial charge in [0.2, 0.25) is 5.91 Å². The fourth-order valence-corrected chi connectivity index (χ4v) is 3.73. The molecule has 1 amide bonds. The molecule has 0 radical (unpaired) electrons. The van der Waals surface area contributed by atoms with E-state index in [9.17, 15) is 13.2 Å². The van der Waals surface area contributed by atoms with E-state index in [2.05, 4.69) is 5.32 Å². The van der Waals surface area contributed by atoms with E-state index < -0.39 is 15.9 Å². The molecule has 1 N–H and O–H groups in total. The van der Waals surface area contributed by atoms with Gasteiger partial charge in [0.05, 0.1) is 15.6 Å². The molecular weight excluding hydrogens is 336 g/mol. The lowest BCUT2D eigenvalue weighted by atomic mass is 10.2. The summed E-state index contributed by atoms with van der Waals surface area (Å²) < 4.78 is 26.9. The Morgan fingerprint density at radius 3 is 2.30 bits per heavy atom. The monoisotopic (exact) mass is 352 g/mol. The summed E-state index contributed by atoms with van der Waals surface area (Å²) in [7, 11) is -2.46. The van der Waals surface area contributed by atoms with Gasteiger partial charge in [-0.1, -0.05) is 41.4 Å². The van der Waals surface area contributed by atoms with Crippen molar-refractivity contribution in [3.8, 4) is 0 Å². The van der Waals surface area contributed by atoms with Crippen LogP contribution in [0.25, 0.3) is 0 Å². The minimum atomic E-state index is -3.91. The SMILES string of the molecule is CNC(=O)CN(c1ccccc1Cl)S(=O)(=O)c1ccc(C)cc1. The number of anilines is 1. The molecule has 0 aliphatic carbocycles. The molecule has 7 heteroatoms. The lowest BCUT2D eigenvalue weighted by Gasteiger charge is -2.24. The number of likely N-dealkylation sites (N-methyl/N-ethyl adjacent to an activating group) is 1. The van der Waals surface area contributed by atoms with Crippen LogP contribution < -0.4 is 9.62 Å². The number of benzene rings is 2. The van der Waals surface area contributed by atoms with E-state index in [1.165, 1.54) is 19.2 Å². The highest BCUT2D eigenvalue weighted by molar-refractivity contribution is 7.92. The summed E-state index contributed by atoms with van der Waals surface area (Å²) in [5.74, 6) is -0.430. The van der Waals surface area contributed by atoms with Gasteiger partial charge in [0.15, 0.2) is 0 Å². The fourth-order valence-electron chi connectivity index (χ4n) is 2.00. The van der Waals surface area contributed by atoms with Crippen LogP contribution in [0.5, 0.6) is 0 Å². The number of nitrogens with zero attached hydrogens (tertiary/aromatic N) is 1. The van der Waals surface area contributed by atoms with Gasteiger partial charge in [0, 0.05) is 7.05 Å². The number of aryl methyl sites for hydroxylation is 1. The Kier molecular flexibility index (Phi) is 5.28. The van der Waals surface area contributed by atoms with Crippen LogP contribution in [0.15, 0.2) is 53.4 Å². The number of halogens is 1. The lowest BCUT2D eigenvalue weighted by molar-refractivity contribution is -0.119. The quantitative estimate of drug-likeness (QED) is 0.899. The average molecular weight is 353 g/mol. The van der Waals surface area contributed by atoms with Crippen LogP contribution in [-0.4, -0.2) is 27.9 Å². The molecule has 0 aromatic heterocycles. The number of carbonyl (C=O) groups excluding carboxylic acids is 1. The van der Waals surface area contributed by atoms with Crippen LogP contribution in [0.3, 0.4) is 0 Å². The second kappa shape index (κ2) is 7.02. The van der Waals surface area contributed by atoms with Crippen LogP contribution in [-0.2, 0) is 14.8 Å². The van der Waals surface area contributed by atoms with Crippen molar-refractivity contribution in [1.29, 1.82) is 0 Å². The Bertz CT molecular complexity index is 804. The van der Waals surface area contributed by atoms with Crippen LogP contribution in [0.2, 0.25) is 5.02 Å². The van der Waals surface area contributed by atoms with Crippen molar-refractivity contribution in [3.05, 3.63) is 59.1 Å². The van der Waals surface area contributed by atoms with Gasteiger partial charge in [-0.15, -0.1) is 0 Å². The van der Waals surface area contributed by atoms with Gasteiger partial charge in [-0.05, 0) is 31.2 Å². The Morgan fingerprint density at radius 1 is 1.13 bits per heavy atom. The first-order valence-electron chi connectivity index (χ1n) is 6.91. The van der Waals surface area contributed by atoms with Crippen molar-refractivity contribution < 1.29 is 13.2 Å². The molecule has 0 heterocycles. The predicted octanol–water partition coefficient (Wildman–Crippen LogP) is 2.59. The molecule has 0 bridgehead atoms. The normalized spacial score (nSPS) is 11.1. The number of rotatable bonds is 5. The molecule has 23 heavy (non-hydrogen) atoms. The number of hydrogen-bond acceptors (Lipinski definition) is 3. The van der Waals surface area contributed by atoms with Crippen LogP contribution in [0.1, 0.15) is 5.56 Å². The van der Waals surface area contributed by atoms with E-state index in [1.54, 1.807) is 36.4 Å². The van der Waals surface area contributed by atoms with E-state index in [0.29, 0.717) is 0 Å². The summed E-state index contributed by atoms with van der Waals surface area (Å²) in [5.41, 5.74) is 1.21. The standard InChI is InChI=1S/C16H17ClN2O3S/c1-12-7-9-13(10-8-12)23(21,22)19(11-16(20)18-2)15-6-4-3-5-14(15)17/h3-10H,11H2,1-2H3,(H,18,20). The van der Waals surface area contributed by atoms with Gasteiger partial charge < -0.3 is 5.32 Å². The van der Waals surface area contributed by atoms with Crippen LogP contribution >= 0.6 is 11.6 Å². The van der Waals surface area contributed by atoms with Crippen molar-refractivity contribution >= 4 is 33.2 Å². The molecule has 0 aliphatic heterocycles. The van der Waals surface area contributed by atoms with E-state index in [4.69, 9.17) is 11.6 Å². The number of sulfonamides is 1. The van der Waals surface area contributed by atoms with E-state index in [1.807, 2.05) is 6.92 Å². The first kappa shape index (κ1) is 17.3. The zero-order chi connectivity index (χ0) is 17.0. The Morgan fingerprint density at radius 2 is 1.74 bits per heavy atom. The zero-order valence-corrected chi connectivity index (χ0v) is 14.4. The summed E-state index contributed by atoms with van der Waals surface area (Å²) in [6.07, 6.45) is 0. The average Bonchev–Trinajstić information content (AvgIpc) is 2.53. The summed E-state index contributed by atoms with van der Waals surface area (Å²) >= 11 is 6.13. The summed E-state index contributed by atoms with van der Waals surface area (Å²) in [5, 5.41) is 2.69. The van der Waals surface area contributed by atoms with Crippen molar-refractivity contribution in [2.24, 2.45) is 0 Å². The third-order valence-corrected chi connectivity index (χ3v) is 5.39. The summed E-state index contributed by atoms with van der Waals surface area (Å²) in [6.45, 7) is 1.52. The highest BCUT2D eigenvalue weighted by Gasteiger charge is 2.28. The zero-order valence-electron chi connectivity index (χ0n) is 12.8. The van der Waals surface area contributed by atoms with E-state index in [-0.39, 0.29) is 22.2 Å². The molecular formula is C16H17ClN2O3S. The molecule has 0 aliphatic rings. The van der Waals surface area contributed by atoms with Gasteiger partial charge in [-0.3, -0.25) is 9.10 Å². The highest BCUT2D eigenvalue weighted by atomic mass is 35.5. The molecule has 2 aromatic carbocycles. The topological polar surface area (TPSA) is 66.5 Å². The molecule has 0 fully saturated rings. The first-order chi connectivity index (χ1) is 10.9. The molecule has 2 aromatic rings. The van der Waals surface area contributed by atoms with Gasteiger partial charge in [0.25, 0.3) is 10.0 Å². The largest absolute Gasteiger partial charge is 0.358 e. The molecule has 0 saturated heterocycles. The van der Waals surface area contributed by atoms with Crippen molar-refractivity contribution in [2.75, 3.05) is 17.9 Å². The maximum Gasteiger partial charge on any atom is 0.264 e. The Labute approximate surface area is 140 Å². The van der Waals surface area contributed by atoms with Crippen LogP contribution in [0, 0.1) is 6.92 Å². The molecule has 122 valence electrons. The number of hydrogen-bond donors (Lipinski definition) is 1. The minimum absolute atomic E-state index is 0.104. The van der Waals surface area contributed by atoms with Gasteiger partial charge in [-0.25, -0.2) is 8.42 Å². The molecule has 0 unspecified atom stereocenters. The molecule has 0 atom stereocenters. The maximum absolute atomic E-state index is 12.9. The molecule has 0 saturated carbocycles. The Balaban J connectivity index is 2.54. The molecule has 2 rings (SSSR count). The number of para-hydroxylation sites is 1. The predicted molar refractivity (Wildman–Crippen MR) is 91.2 cm³/mol. The second-order valence-corrected chi connectivity index (χ2v) is 7.22. The maximum atomic E-state index is 12.9. The molecule has 0 spiro atoms. The summed E-state index contributed by atoms with van der Waals surface area (Å²) in [4.78, 5) is 11.9. The van der Waals surface area contributed by atoms with E-state index >= 15 is 0 Å². The van der Waals surface area contributed by atoms with E-state index in [0.717, 1.165) is 9.87 Å². The number of amides is 1. The van der Waals surface area contributed by atoms with Crippen molar-refractivity contribution in [3.63, 3.8) is 0 Å². The van der Waals surface area contributed by atoms with Gasteiger partial charge in [-0.2, -0.15) is 0 Å². The highest BCUT2D eigenvalue weighted by Crippen LogP contribution is 2.30. The second-order valence-electron chi connectivity index (χ2n) is 4.95.